The van der Waals surface area contributed by atoms with Crippen LogP contribution >= 0.6 is 11.6 Å². The summed E-state index contributed by atoms with van der Waals surface area (Å²) in [6, 6.07) is 9.04. The van der Waals surface area contributed by atoms with Gasteiger partial charge in [-0.15, -0.1) is 0 Å². The molecule has 2 aromatic carbocycles. The van der Waals surface area contributed by atoms with Gasteiger partial charge in [-0.25, -0.2) is 17.2 Å². The van der Waals surface area contributed by atoms with Gasteiger partial charge in [0.25, 0.3) is 0 Å². The van der Waals surface area contributed by atoms with E-state index in [9.17, 15) is 17.2 Å². The summed E-state index contributed by atoms with van der Waals surface area (Å²) in [5.41, 5.74) is -0.0873. The third-order valence-corrected chi connectivity index (χ3v) is 4.53. The van der Waals surface area contributed by atoms with Crippen molar-refractivity contribution in [2.24, 2.45) is 0 Å². The molecule has 0 heterocycles. The van der Waals surface area contributed by atoms with Crippen LogP contribution in [0.25, 0.3) is 0 Å². The van der Waals surface area contributed by atoms with Crippen LogP contribution < -0.4 is 0 Å². The average Bonchev–Trinajstić information content (AvgIpc) is 2.35. The smallest absolute Gasteiger partial charge is 0.185 e. The summed E-state index contributed by atoms with van der Waals surface area (Å²) < 4.78 is 51.2. The Labute approximate surface area is 114 Å². The normalized spacial score (nSPS) is 11.5. The van der Waals surface area contributed by atoms with Crippen molar-refractivity contribution in [1.82, 2.24) is 0 Å². The molecular weight excluding hydrogens is 294 g/mol. The minimum absolute atomic E-state index is 0.0873. The molecule has 0 saturated carbocycles. The Morgan fingerprint density at radius 3 is 2.37 bits per heavy atom. The molecule has 0 bridgehead atoms. The summed E-state index contributed by atoms with van der Waals surface area (Å²) in [5, 5.41) is -0.166. The predicted octanol–water partition coefficient (Wildman–Crippen LogP) is 3.59. The summed E-state index contributed by atoms with van der Waals surface area (Å²) in [5.74, 6) is -2.30. The zero-order valence-corrected chi connectivity index (χ0v) is 11.2. The van der Waals surface area contributed by atoms with Gasteiger partial charge in [-0.05, 0) is 18.2 Å². The minimum Gasteiger partial charge on any atom is -0.223 e. The monoisotopic (exact) mass is 302 g/mol. The van der Waals surface area contributed by atoms with E-state index in [-0.39, 0.29) is 10.6 Å². The molecule has 0 atom stereocenters. The Morgan fingerprint density at radius 2 is 1.68 bits per heavy atom. The van der Waals surface area contributed by atoms with Crippen LogP contribution in [0.5, 0.6) is 0 Å². The summed E-state index contributed by atoms with van der Waals surface area (Å²) in [6.45, 7) is 0. The fraction of sp³-hybridized carbons (Fsp3) is 0.0769. The molecule has 2 nitrogen and oxygen atoms in total. The molecule has 6 heteroatoms. The number of hydrogen-bond acceptors (Lipinski definition) is 2. The molecule has 0 aliphatic rings. The van der Waals surface area contributed by atoms with E-state index in [1.165, 1.54) is 30.3 Å². The maximum Gasteiger partial charge on any atom is 0.185 e. The standard InChI is InChI=1S/C13H9ClF2O2S/c14-10-5-3-4-9(13(10)16)8-19(17,18)12-7-2-1-6-11(12)15/h1-7H,8H2. The highest BCUT2D eigenvalue weighted by atomic mass is 35.5. The van der Waals surface area contributed by atoms with Gasteiger partial charge in [0.1, 0.15) is 16.5 Å². The summed E-state index contributed by atoms with van der Waals surface area (Å²) >= 11 is 5.58. The third-order valence-electron chi connectivity index (χ3n) is 2.55. The van der Waals surface area contributed by atoms with Crippen LogP contribution in [0.4, 0.5) is 8.78 Å². The van der Waals surface area contributed by atoms with Crippen LogP contribution in [0.1, 0.15) is 5.56 Å². The Hall–Kier alpha value is -1.46. The predicted molar refractivity (Wildman–Crippen MR) is 68.7 cm³/mol. The van der Waals surface area contributed by atoms with E-state index in [2.05, 4.69) is 0 Å². The van der Waals surface area contributed by atoms with Gasteiger partial charge in [0.2, 0.25) is 0 Å². The Morgan fingerprint density at radius 1 is 1.00 bits per heavy atom. The zero-order chi connectivity index (χ0) is 14.0. The van der Waals surface area contributed by atoms with Crippen LogP contribution in [0.15, 0.2) is 47.4 Å². The lowest BCUT2D eigenvalue weighted by Crippen LogP contribution is -2.08. The first-order valence-corrected chi connectivity index (χ1v) is 7.35. The van der Waals surface area contributed by atoms with Gasteiger partial charge in [0, 0.05) is 5.56 Å². The molecule has 2 aromatic rings. The van der Waals surface area contributed by atoms with Crippen molar-refractivity contribution in [2.45, 2.75) is 10.6 Å². The largest absolute Gasteiger partial charge is 0.223 e. The van der Waals surface area contributed by atoms with Crippen molar-refractivity contribution >= 4 is 21.4 Å². The number of halogens is 3. The fourth-order valence-corrected chi connectivity index (χ4v) is 3.27. The molecule has 0 fully saturated rings. The van der Waals surface area contributed by atoms with Crippen LogP contribution in [0, 0.1) is 11.6 Å². The average molecular weight is 303 g/mol. The summed E-state index contributed by atoms with van der Waals surface area (Å²) in [7, 11) is -3.96. The zero-order valence-electron chi connectivity index (χ0n) is 9.61. The molecule has 100 valence electrons. The highest BCUT2D eigenvalue weighted by Gasteiger charge is 2.21. The van der Waals surface area contributed by atoms with E-state index in [1.54, 1.807) is 0 Å². The fourth-order valence-electron chi connectivity index (χ4n) is 1.64. The minimum atomic E-state index is -3.96. The second kappa shape index (κ2) is 5.27. The number of rotatable bonds is 3. The molecular formula is C13H9ClF2O2S. The molecule has 0 saturated heterocycles. The quantitative estimate of drug-likeness (QED) is 0.868. The molecule has 0 spiro atoms. The molecule has 0 N–H and O–H groups in total. The van der Waals surface area contributed by atoms with Gasteiger partial charge in [0.15, 0.2) is 9.84 Å². The lowest BCUT2D eigenvalue weighted by Gasteiger charge is -2.07. The maximum atomic E-state index is 13.7. The van der Waals surface area contributed by atoms with Crippen molar-refractivity contribution in [3.63, 3.8) is 0 Å². The van der Waals surface area contributed by atoms with E-state index in [0.29, 0.717) is 0 Å². The maximum absolute atomic E-state index is 13.7. The first kappa shape index (κ1) is 14.0. The molecule has 0 radical (unpaired) electrons. The number of benzene rings is 2. The topological polar surface area (TPSA) is 34.1 Å². The molecule has 2 rings (SSSR count). The molecule has 0 aromatic heterocycles. The van der Waals surface area contributed by atoms with Gasteiger partial charge < -0.3 is 0 Å². The highest BCUT2D eigenvalue weighted by Crippen LogP contribution is 2.24. The highest BCUT2D eigenvalue weighted by molar-refractivity contribution is 7.90. The second-order valence-electron chi connectivity index (χ2n) is 3.90. The van der Waals surface area contributed by atoms with Gasteiger partial charge in [0.05, 0.1) is 10.8 Å². The van der Waals surface area contributed by atoms with E-state index >= 15 is 0 Å². The molecule has 0 aliphatic carbocycles. The van der Waals surface area contributed by atoms with E-state index in [1.807, 2.05) is 0 Å². The van der Waals surface area contributed by atoms with E-state index in [4.69, 9.17) is 11.6 Å². The lowest BCUT2D eigenvalue weighted by molar-refractivity contribution is 0.563. The van der Waals surface area contributed by atoms with Crippen molar-refractivity contribution in [3.8, 4) is 0 Å². The van der Waals surface area contributed by atoms with Gasteiger partial charge in [-0.2, -0.15) is 0 Å². The van der Waals surface area contributed by atoms with Gasteiger partial charge in [-0.3, -0.25) is 0 Å². The van der Waals surface area contributed by atoms with Crippen LogP contribution in [-0.4, -0.2) is 8.42 Å². The Kier molecular flexibility index (Phi) is 3.87. The van der Waals surface area contributed by atoms with Crippen LogP contribution in [0.3, 0.4) is 0 Å². The van der Waals surface area contributed by atoms with Crippen molar-refractivity contribution in [2.75, 3.05) is 0 Å². The second-order valence-corrected chi connectivity index (χ2v) is 6.27. The summed E-state index contributed by atoms with van der Waals surface area (Å²) in [6.07, 6.45) is 0. The number of hydrogen-bond donors (Lipinski definition) is 0. The Bertz CT molecular complexity index is 714. The summed E-state index contributed by atoms with van der Waals surface area (Å²) in [4.78, 5) is -0.450. The van der Waals surface area contributed by atoms with Crippen LogP contribution in [0.2, 0.25) is 5.02 Å². The lowest BCUT2D eigenvalue weighted by atomic mass is 10.2. The third kappa shape index (κ3) is 2.93. The van der Waals surface area contributed by atoms with Crippen molar-refractivity contribution in [3.05, 3.63) is 64.7 Å². The molecule has 0 unspecified atom stereocenters. The van der Waals surface area contributed by atoms with E-state index in [0.717, 1.165) is 12.1 Å². The molecule has 0 amide bonds. The van der Waals surface area contributed by atoms with E-state index < -0.39 is 32.1 Å². The SMILES string of the molecule is O=S(=O)(Cc1cccc(Cl)c1F)c1ccccc1F. The van der Waals surface area contributed by atoms with Crippen molar-refractivity contribution < 1.29 is 17.2 Å². The first-order valence-electron chi connectivity index (χ1n) is 5.32. The Balaban J connectivity index is 2.43. The first-order chi connectivity index (χ1) is 8.92. The molecule has 19 heavy (non-hydrogen) atoms. The van der Waals surface area contributed by atoms with Gasteiger partial charge in [-0.1, -0.05) is 35.9 Å². The number of sulfone groups is 1. The molecule has 0 aliphatic heterocycles. The van der Waals surface area contributed by atoms with Gasteiger partial charge >= 0.3 is 0 Å². The van der Waals surface area contributed by atoms with Crippen LogP contribution in [-0.2, 0) is 15.6 Å². The van der Waals surface area contributed by atoms with Crippen molar-refractivity contribution in [1.29, 1.82) is 0 Å².